The molecule has 0 saturated heterocycles. The van der Waals surface area contributed by atoms with Gasteiger partial charge in [-0.15, -0.1) is 0 Å². The summed E-state index contributed by atoms with van der Waals surface area (Å²) in [6, 6.07) is 5.84. The maximum Gasteiger partial charge on any atom is 0.121 e. The second kappa shape index (κ2) is 2.95. The van der Waals surface area contributed by atoms with E-state index in [0.717, 1.165) is 27.6 Å². The topological polar surface area (TPSA) is 50.8 Å². The van der Waals surface area contributed by atoms with Crippen molar-refractivity contribution in [1.29, 1.82) is 0 Å². The molecule has 4 nitrogen and oxygen atoms in total. The summed E-state index contributed by atoms with van der Waals surface area (Å²) in [7, 11) is 1.65. The number of aromatic amines is 1. The summed E-state index contributed by atoms with van der Waals surface area (Å²) in [6.07, 6.45) is 3.59. The van der Waals surface area contributed by atoms with Crippen molar-refractivity contribution in [2.75, 3.05) is 7.11 Å². The molecule has 0 saturated carbocycles. The van der Waals surface area contributed by atoms with E-state index in [0.29, 0.717) is 0 Å². The van der Waals surface area contributed by atoms with Crippen LogP contribution in [-0.2, 0) is 0 Å². The van der Waals surface area contributed by atoms with Crippen LogP contribution in [0.2, 0.25) is 0 Å². The number of benzene rings is 1. The molecule has 3 aromatic rings. The normalized spacial score (nSPS) is 11.0. The highest BCUT2D eigenvalue weighted by molar-refractivity contribution is 6.03. The van der Waals surface area contributed by atoms with Crippen LogP contribution in [-0.4, -0.2) is 22.3 Å². The van der Waals surface area contributed by atoms with E-state index in [1.54, 1.807) is 13.3 Å². The number of nitrogens with one attached hydrogen (secondary N) is 1. The molecule has 0 bridgehead atoms. The Balaban J connectivity index is 2.44. The first-order chi connectivity index (χ1) is 7.38. The van der Waals surface area contributed by atoms with Gasteiger partial charge in [-0.2, -0.15) is 5.10 Å². The summed E-state index contributed by atoms with van der Waals surface area (Å²) in [4.78, 5) is 4.34. The van der Waals surface area contributed by atoms with Gasteiger partial charge in [-0.25, -0.2) is 0 Å². The molecule has 2 aromatic heterocycles. The monoisotopic (exact) mass is 199 g/mol. The number of nitrogens with zero attached hydrogens (tertiary/aromatic N) is 2. The second-order valence-electron chi connectivity index (χ2n) is 3.34. The average molecular weight is 199 g/mol. The van der Waals surface area contributed by atoms with Gasteiger partial charge in [0.05, 0.1) is 30.5 Å². The van der Waals surface area contributed by atoms with E-state index in [1.165, 1.54) is 0 Å². The maximum absolute atomic E-state index is 5.15. The molecule has 0 spiro atoms. The highest BCUT2D eigenvalue weighted by atomic mass is 16.5. The quantitative estimate of drug-likeness (QED) is 0.653. The average Bonchev–Trinajstić information content (AvgIpc) is 2.76. The number of fused-ring (bicyclic) bond motifs is 3. The number of hydrogen-bond acceptors (Lipinski definition) is 3. The van der Waals surface area contributed by atoms with E-state index in [1.807, 2.05) is 24.4 Å². The van der Waals surface area contributed by atoms with E-state index in [2.05, 4.69) is 15.2 Å². The molecule has 0 unspecified atom stereocenters. The maximum atomic E-state index is 5.15. The fourth-order valence-electron chi connectivity index (χ4n) is 1.72. The minimum Gasteiger partial charge on any atom is -0.497 e. The van der Waals surface area contributed by atoms with E-state index in [-0.39, 0.29) is 0 Å². The molecule has 0 aliphatic rings. The van der Waals surface area contributed by atoms with Gasteiger partial charge in [0.25, 0.3) is 0 Å². The lowest BCUT2D eigenvalue weighted by atomic mass is 10.1. The van der Waals surface area contributed by atoms with Gasteiger partial charge in [-0.1, -0.05) is 0 Å². The van der Waals surface area contributed by atoms with Crippen LogP contribution in [0.4, 0.5) is 0 Å². The van der Waals surface area contributed by atoms with Crippen molar-refractivity contribution >= 4 is 21.8 Å². The van der Waals surface area contributed by atoms with Crippen molar-refractivity contribution in [1.82, 2.24) is 15.2 Å². The smallest absolute Gasteiger partial charge is 0.121 e. The van der Waals surface area contributed by atoms with Crippen LogP contribution in [0.3, 0.4) is 0 Å². The molecule has 0 aliphatic heterocycles. The Bertz CT molecular complexity index is 630. The number of pyridine rings is 1. The van der Waals surface area contributed by atoms with E-state index >= 15 is 0 Å². The molecule has 0 amide bonds. The number of aromatic nitrogens is 3. The van der Waals surface area contributed by atoms with Crippen molar-refractivity contribution in [3.63, 3.8) is 0 Å². The zero-order chi connectivity index (χ0) is 10.3. The van der Waals surface area contributed by atoms with Gasteiger partial charge < -0.3 is 4.74 Å². The lowest BCUT2D eigenvalue weighted by molar-refractivity contribution is 0.415. The standard InChI is InChI=1S/C11H9N3O/c1-15-7-2-3-8-9-5-13-14-11(9)6-12-10(8)4-7/h2-6H,1H3,(H,13,14). The Morgan fingerprint density at radius 3 is 3.00 bits per heavy atom. The summed E-state index contributed by atoms with van der Waals surface area (Å²) in [5.74, 6) is 0.817. The first-order valence-corrected chi connectivity index (χ1v) is 4.64. The van der Waals surface area contributed by atoms with Crippen LogP contribution in [0.25, 0.3) is 21.8 Å². The predicted molar refractivity (Wildman–Crippen MR) is 57.9 cm³/mol. The number of methoxy groups -OCH3 is 1. The molecule has 74 valence electrons. The Morgan fingerprint density at radius 2 is 2.13 bits per heavy atom. The molecule has 15 heavy (non-hydrogen) atoms. The second-order valence-corrected chi connectivity index (χ2v) is 3.34. The largest absolute Gasteiger partial charge is 0.497 e. The minimum atomic E-state index is 0.817. The molecule has 2 heterocycles. The number of ether oxygens (including phenoxy) is 1. The number of H-pyrrole nitrogens is 1. The Kier molecular flexibility index (Phi) is 1.62. The van der Waals surface area contributed by atoms with E-state index in [4.69, 9.17) is 4.74 Å². The summed E-state index contributed by atoms with van der Waals surface area (Å²) in [6.45, 7) is 0. The summed E-state index contributed by atoms with van der Waals surface area (Å²) >= 11 is 0. The van der Waals surface area contributed by atoms with Gasteiger partial charge in [0.2, 0.25) is 0 Å². The fraction of sp³-hybridized carbons (Fsp3) is 0.0909. The highest BCUT2D eigenvalue weighted by Gasteiger charge is 2.03. The summed E-state index contributed by atoms with van der Waals surface area (Å²) in [5, 5.41) is 9.07. The third-order valence-corrected chi connectivity index (χ3v) is 2.50. The van der Waals surface area contributed by atoms with Crippen molar-refractivity contribution < 1.29 is 4.74 Å². The first kappa shape index (κ1) is 8.23. The predicted octanol–water partition coefficient (Wildman–Crippen LogP) is 2.12. The van der Waals surface area contributed by atoms with Crippen LogP contribution >= 0.6 is 0 Å². The van der Waals surface area contributed by atoms with Gasteiger partial charge in [0.1, 0.15) is 5.75 Å². The third kappa shape index (κ3) is 1.15. The molecule has 0 fully saturated rings. The summed E-state index contributed by atoms with van der Waals surface area (Å²) < 4.78 is 5.15. The van der Waals surface area contributed by atoms with Crippen LogP contribution in [0, 0.1) is 0 Å². The fourth-order valence-corrected chi connectivity index (χ4v) is 1.72. The zero-order valence-corrected chi connectivity index (χ0v) is 8.19. The number of rotatable bonds is 1. The first-order valence-electron chi connectivity index (χ1n) is 4.64. The molecule has 0 atom stereocenters. The van der Waals surface area contributed by atoms with Crippen LogP contribution in [0.15, 0.2) is 30.6 Å². The lowest BCUT2D eigenvalue weighted by Gasteiger charge is -2.01. The van der Waals surface area contributed by atoms with Crippen LogP contribution in [0.5, 0.6) is 5.75 Å². The van der Waals surface area contributed by atoms with Crippen molar-refractivity contribution in [2.45, 2.75) is 0 Å². The molecular formula is C11H9N3O. The van der Waals surface area contributed by atoms with Crippen LogP contribution < -0.4 is 4.74 Å². The molecule has 1 N–H and O–H groups in total. The molecular weight excluding hydrogens is 190 g/mol. The zero-order valence-electron chi connectivity index (χ0n) is 8.19. The minimum absolute atomic E-state index is 0.817. The van der Waals surface area contributed by atoms with E-state index < -0.39 is 0 Å². The van der Waals surface area contributed by atoms with Crippen molar-refractivity contribution in [3.8, 4) is 5.75 Å². The van der Waals surface area contributed by atoms with Gasteiger partial charge in [0, 0.05) is 16.8 Å². The van der Waals surface area contributed by atoms with Crippen molar-refractivity contribution in [3.05, 3.63) is 30.6 Å². The molecule has 0 aliphatic carbocycles. The lowest BCUT2D eigenvalue weighted by Crippen LogP contribution is -1.84. The summed E-state index contributed by atoms with van der Waals surface area (Å²) in [5.41, 5.74) is 1.87. The number of hydrogen-bond donors (Lipinski definition) is 1. The van der Waals surface area contributed by atoms with Crippen molar-refractivity contribution in [2.24, 2.45) is 0 Å². The van der Waals surface area contributed by atoms with Gasteiger partial charge in [-0.05, 0) is 12.1 Å². The SMILES string of the molecule is COc1ccc2c(c1)ncc1[nH]ncc12. The Labute approximate surface area is 85.9 Å². The van der Waals surface area contributed by atoms with Gasteiger partial charge >= 0.3 is 0 Å². The molecule has 0 radical (unpaired) electrons. The van der Waals surface area contributed by atoms with Crippen LogP contribution in [0.1, 0.15) is 0 Å². The molecule has 4 heteroatoms. The highest BCUT2D eigenvalue weighted by Crippen LogP contribution is 2.24. The van der Waals surface area contributed by atoms with Gasteiger partial charge in [0.15, 0.2) is 0 Å². The molecule has 3 rings (SSSR count). The Hall–Kier alpha value is -2.10. The van der Waals surface area contributed by atoms with E-state index in [9.17, 15) is 0 Å². The Morgan fingerprint density at radius 1 is 1.20 bits per heavy atom. The third-order valence-electron chi connectivity index (χ3n) is 2.50. The molecule has 1 aromatic carbocycles. The van der Waals surface area contributed by atoms with Gasteiger partial charge in [-0.3, -0.25) is 10.1 Å².